The topological polar surface area (TPSA) is 18.5 Å². The van der Waals surface area contributed by atoms with Crippen molar-refractivity contribution in [1.82, 2.24) is 0 Å². The van der Waals surface area contributed by atoms with Crippen LogP contribution in [0, 0.1) is 7.14 Å². The Morgan fingerprint density at radius 3 is 1.23 bits per heavy atom. The van der Waals surface area contributed by atoms with Gasteiger partial charge in [-0.05, 0) is 93.7 Å². The van der Waals surface area contributed by atoms with Gasteiger partial charge in [0.1, 0.15) is 23.0 Å². The van der Waals surface area contributed by atoms with Crippen molar-refractivity contribution in [1.29, 1.82) is 0 Å². The standard InChI is InChI=1S/C18H12I2O2/c19-15-5-1-3-7-17(15)21-13-9-11-14(12-10-13)22-18-8-4-2-6-16(18)20/h1-12H. The zero-order valence-corrected chi connectivity index (χ0v) is 15.8. The van der Waals surface area contributed by atoms with Crippen LogP contribution in [0.2, 0.25) is 0 Å². The van der Waals surface area contributed by atoms with E-state index in [1.807, 2.05) is 72.8 Å². The van der Waals surface area contributed by atoms with Crippen LogP contribution in [-0.4, -0.2) is 0 Å². The van der Waals surface area contributed by atoms with Gasteiger partial charge < -0.3 is 9.47 Å². The molecular formula is C18H12I2O2. The SMILES string of the molecule is Ic1ccccc1Oc1ccc(Oc2ccccc2I)cc1. The van der Waals surface area contributed by atoms with E-state index >= 15 is 0 Å². The fourth-order valence-corrected chi connectivity index (χ4v) is 2.88. The molecular weight excluding hydrogens is 502 g/mol. The highest BCUT2D eigenvalue weighted by Crippen LogP contribution is 2.30. The smallest absolute Gasteiger partial charge is 0.140 e. The lowest BCUT2D eigenvalue weighted by atomic mass is 10.3. The molecule has 0 aliphatic carbocycles. The minimum absolute atomic E-state index is 0.791. The van der Waals surface area contributed by atoms with Crippen LogP contribution in [-0.2, 0) is 0 Å². The van der Waals surface area contributed by atoms with Gasteiger partial charge >= 0.3 is 0 Å². The average Bonchev–Trinajstić information content (AvgIpc) is 2.54. The largest absolute Gasteiger partial charge is 0.456 e. The van der Waals surface area contributed by atoms with E-state index < -0.39 is 0 Å². The molecule has 0 saturated heterocycles. The Labute approximate surface area is 156 Å². The molecule has 3 aromatic rings. The van der Waals surface area contributed by atoms with E-state index in [-0.39, 0.29) is 0 Å². The summed E-state index contributed by atoms with van der Waals surface area (Å²) in [6.07, 6.45) is 0. The van der Waals surface area contributed by atoms with E-state index in [2.05, 4.69) is 45.2 Å². The van der Waals surface area contributed by atoms with Gasteiger partial charge in [0.05, 0.1) is 7.14 Å². The lowest BCUT2D eigenvalue weighted by Crippen LogP contribution is -1.89. The van der Waals surface area contributed by atoms with E-state index in [4.69, 9.17) is 9.47 Å². The molecule has 2 nitrogen and oxygen atoms in total. The third-order valence-electron chi connectivity index (χ3n) is 2.95. The zero-order valence-electron chi connectivity index (χ0n) is 11.5. The molecule has 0 fully saturated rings. The molecule has 0 atom stereocenters. The van der Waals surface area contributed by atoms with Gasteiger partial charge in [-0.2, -0.15) is 0 Å². The summed E-state index contributed by atoms with van der Waals surface area (Å²) in [6.45, 7) is 0. The minimum Gasteiger partial charge on any atom is -0.456 e. The predicted molar refractivity (Wildman–Crippen MR) is 105 cm³/mol. The Balaban J connectivity index is 1.73. The zero-order chi connectivity index (χ0) is 15.4. The van der Waals surface area contributed by atoms with Crippen LogP contribution in [0.3, 0.4) is 0 Å². The summed E-state index contributed by atoms with van der Waals surface area (Å²) in [6, 6.07) is 23.5. The first-order valence-electron chi connectivity index (χ1n) is 6.67. The molecule has 3 rings (SSSR count). The first-order chi connectivity index (χ1) is 10.7. The number of halogens is 2. The number of ether oxygens (including phenoxy) is 2. The lowest BCUT2D eigenvalue weighted by molar-refractivity contribution is 0.466. The van der Waals surface area contributed by atoms with Crippen molar-refractivity contribution >= 4 is 45.2 Å². The number of hydrogen-bond acceptors (Lipinski definition) is 2. The molecule has 0 aliphatic rings. The Morgan fingerprint density at radius 2 is 0.864 bits per heavy atom. The van der Waals surface area contributed by atoms with Crippen LogP contribution < -0.4 is 9.47 Å². The summed E-state index contributed by atoms with van der Waals surface area (Å²) in [7, 11) is 0. The van der Waals surface area contributed by atoms with Crippen molar-refractivity contribution < 1.29 is 9.47 Å². The fraction of sp³-hybridized carbons (Fsp3) is 0. The molecule has 0 N–H and O–H groups in total. The van der Waals surface area contributed by atoms with Crippen molar-refractivity contribution in [3.05, 3.63) is 79.9 Å². The molecule has 0 aromatic heterocycles. The monoisotopic (exact) mass is 514 g/mol. The number of para-hydroxylation sites is 2. The third kappa shape index (κ3) is 3.92. The van der Waals surface area contributed by atoms with E-state index in [1.54, 1.807) is 0 Å². The van der Waals surface area contributed by atoms with Crippen molar-refractivity contribution in [3.8, 4) is 23.0 Å². The van der Waals surface area contributed by atoms with E-state index in [0.717, 1.165) is 30.1 Å². The number of rotatable bonds is 4. The maximum absolute atomic E-state index is 5.87. The average molecular weight is 514 g/mol. The number of benzene rings is 3. The normalized spacial score (nSPS) is 10.3. The van der Waals surface area contributed by atoms with Crippen molar-refractivity contribution in [3.63, 3.8) is 0 Å². The quantitative estimate of drug-likeness (QED) is 0.372. The fourth-order valence-electron chi connectivity index (χ4n) is 1.88. The Hall–Kier alpha value is -1.28. The minimum atomic E-state index is 0.791. The Bertz CT molecular complexity index is 704. The third-order valence-corrected chi connectivity index (χ3v) is 4.74. The van der Waals surface area contributed by atoms with Crippen molar-refractivity contribution in [2.24, 2.45) is 0 Å². The van der Waals surface area contributed by atoms with Crippen LogP contribution in [0.5, 0.6) is 23.0 Å². The van der Waals surface area contributed by atoms with Gasteiger partial charge in [-0.3, -0.25) is 0 Å². The highest BCUT2D eigenvalue weighted by Gasteiger charge is 2.04. The van der Waals surface area contributed by atoms with E-state index in [9.17, 15) is 0 Å². The molecule has 0 spiro atoms. The molecule has 3 aromatic carbocycles. The van der Waals surface area contributed by atoms with E-state index in [0.29, 0.717) is 0 Å². The van der Waals surface area contributed by atoms with Crippen LogP contribution in [0.25, 0.3) is 0 Å². The molecule has 4 heteroatoms. The van der Waals surface area contributed by atoms with Gasteiger partial charge in [0, 0.05) is 0 Å². The highest BCUT2D eigenvalue weighted by atomic mass is 127. The van der Waals surface area contributed by atoms with Crippen LogP contribution in [0.1, 0.15) is 0 Å². The predicted octanol–water partition coefficient (Wildman–Crippen LogP) is 6.48. The molecule has 0 bridgehead atoms. The molecule has 0 unspecified atom stereocenters. The highest BCUT2D eigenvalue weighted by molar-refractivity contribution is 14.1. The number of hydrogen-bond donors (Lipinski definition) is 0. The van der Waals surface area contributed by atoms with Crippen LogP contribution in [0.15, 0.2) is 72.8 Å². The second kappa shape index (κ2) is 7.32. The molecule has 0 saturated carbocycles. The first kappa shape index (κ1) is 15.6. The van der Waals surface area contributed by atoms with Crippen LogP contribution >= 0.6 is 45.2 Å². The Morgan fingerprint density at radius 1 is 0.500 bits per heavy atom. The molecule has 0 radical (unpaired) electrons. The molecule has 22 heavy (non-hydrogen) atoms. The summed E-state index contributed by atoms with van der Waals surface area (Å²) in [4.78, 5) is 0. The maximum Gasteiger partial charge on any atom is 0.140 e. The van der Waals surface area contributed by atoms with Gasteiger partial charge in [-0.25, -0.2) is 0 Å². The molecule has 0 aliphatic heterocycles. The summed E-state index contributed by atoms with van der Waals surface area (Å²) < 4.78 is 13.9. The van der Waals surface area contributed by atoms with Gasteiger partial charge in [-0.1, -0.05) is 24.3 Å². The summed E-state index contributed by atoms with van der Waals surface area (Å²) >= 11 is 4.52. The summed E-state index contributed by atoms with van der Waals surface area (Å²) in [5, 5.41) is 0. The second-order valence-electron chi connectivity index (χ2n) is 4.54. The molecule has 110 valence electrons. The summed E-state index contributed by atoms with van der Waals surface area (Å²) in [5.74, 6) is 3.29. The molecule has 0 heterocycles. The van der Waals surface area contributed by atoms with Crippen molar-refractivity contribution in [2.75, 3.05) is 0 Å². The van der Waals surface area contributed by atoms with Gasteiger partial charge in [0.25, 0.3) is 0 Å². The maximum atomic E-state index is 5.87. The van der Waals surface area contributed by atoms with Gasteiger partial charge in [0.15, 0.2) is 0 Å². The van der Waals surface area contributed by atoms with Gasteiger partial charge in [0.2, 0.25) is 0 Å². The van der Waals surface area contributed by atoms with Crippen molar-refractivity contribution in [2.45, 2.75) is 0 Å². The second-order valence-corrected chi connectivity index (χ2v) is 6.86. The first-order valence-corrected chi connectivity index (χ1v) is 8.83. The molecule has 0 amide bonds. The Kier molecular flexibility index (Phi) is 5.20. The van der Waals surface area contributed by atoms with Crippen LogP contribution in [0.4, 0.5) is 0 Å². The summed E-state index contributed by atoms with van der Waals surface area (Å²) in [5.41, 5.74) is 0. The lowest BCUT2D eigenvalue weighted by Gasteiger charge is -2.10. The van der Waals surface area contributed by atoms with Gasteiger partial charge in [-0.15, -0.1) is 0 Å². The van der Waals surface area contributed by atoms with E-state index in [1.165, 1.54) is 0 Å².